The van der Waals surface area contributed by atoms with Crippen LogP contribution in [0.25, 0.3) is 0 Å². The number of halogens is 4. The highest BCUT2D eigenvalue weighted by molar-refractivity contribution is 7.98. The minimum atomic E-state index is -4.54. The lowest BCUT2D eigenvalue weighted by Gasteiger charge is -2.43. The van der Waals surface area contributed by atoms with E-state index in [0.29, 0.717) is 18.0 Å². The van der Waals surface area contributed by atoms with E-state index in [1.54, 1.807) is 12.3 Å². The lowest BCUT2D eigenvalue weighted by atomic mass is 9.82. The molecule has 1 atom stereocenters. The predicted molar refractivity (Wildman–Crippen MR) is 117 cm³/mol. The monoisotopic (exact) mass is 472 g/mol. The number of likely N-dealkylation sites (N-methyl/N-ethyl adjacent to an activating group) is 1. The fourth-order valence-corrected chi connectivity index (χ4v) is 4.88. The maximum atomic E-state index is 13.5. The molecular weight excluding hydrogens is 449 g/mol. The summed E-state index contributed by atoms with van der Waals surface area (Å²) in [5, 5.41) is 3.67. The first kappa shape index (κ1) is 23.8. The number of benzene rings is 2. The lowest BCUT2D eigenvalue weighted by molar-refractivity contribution is -0.137. The molecule has 1 heterocycles. The fraction of sp³-hybridized carbons (Fsp3) is 0.409. The fourth-order valence-electron chi connectivity index (χ4n) is 4.04. The number of piperidine rings is 1. The first-order valence-electron chi connectivity index (χ1n) is 9.70. The molecule has 3 rings (SSSR count). The normalized spacial score (nSPS) is 19.8. The number of carbonyl (C=O) groups excluding carboxylic acids is 1. The van der Waals surface area contributed by atoms with Gasteiger partial charge in [0.15, 0.2) is 0 Å². The smallest absolute Gasteiger partial charge is 0.416 e. The van der Waals surface area contributed by atoms with Crippen LogP contribution in [0.15, 0.2) is 41.3 Å². The molecule has 1 unspecified atom stereocenters. The Bertz CT molecular complexity index is 945. The van der Waals surface area contributed by atoms with Crippen molar-refractivity contribution in [3.8, 4) is 5.75 Å². The van der Waals surface area contributed by atoms with Gasteiger partial charge in [0, 0.05) is 16.5 Å². The topological polar surface area (TPSA) is 41.6 Å². The molecular formula is C22H24ClF3N2O2S. The maximum absolute atomic E-state index is 13.5. The van der Waals surface area contributed by atoms with Gasteiger partial charge >= 0.3 is 6.18 Å². The highest BCUT2D eigenvalue weighted by Gasteiger charge is 2.39. The largest absolute Gasteiger partial charge is 0.496 e. The van der Waals surface area contributed by atoms with Crippen molar-refractivity contribution >= 4 is 29.3 Å². The van der Waals surface area contributed by atoms with E-state index in [1.165, 1.54) is 7.11 Å². The SMILES string of the molecule is COc1cc(C(F)(F)F)cc(SC)c1C(=O)NC1(c2cccc(Cl)c2)CCCN(C)C1. The van der Waals surface area contributed by atoms with E-state index in [2.05, 4.69) is 10.2 Å². The van der Waals surface area contributed by atoms with Crippen molar-refractivity contribution < 1.29 is 22.7 Å². The van der Waals surface area contributed by atoms with Crippen LogP contribution < -0.4 is 10.1 Å². The molecule has 1 aliphatic rings. The number of alkyl halides is 3. The first-order valence-corrected chi connectivity index (χ1v) is 11.3. The van der Waals surface area contributed by atoms with E-state index >= 15 is 0 Å². The van der Waals surface area contributed by atoms with Crippen LogP contribution in [-0.4, -0.2) is 44.3 Å². The molecule has 0 spiro atoms. The number of hydrogen-bond donors (Lipinski definition) is 1. The van der Waals surface area contributed by atoms with Gasteiger partial charge in [-0.3, -0.25) is 4.79 Å². The second kappa shape index (κ2) is 9.30. The number of carbonyl (C=O) groups is 1. The van der Waals surface area contributed by atoms with Gasteiger partial charge in [0.1, 0.15) is 5.75 Å². The quantitative estimate of drug-likeness (QED) is 0.588. The summed E-state index contributed by atoms with van der Waals surface area (Å²) in [6, 6.07) is 9.17. The molecule has 168 valence electrons. The highest BCUT2D eigenvalue weighted by Crippen LogP contribution is 2.39. The molecule has 31 heavy (non-hydrogen) atoms. The second-order valence-electron chi connectivity index (χ2n) is 7.64. The lowest BCUT2D eigenvalue weighted by Crippen LogP contribution is -2.55. The van der Waals surface area contributed by atoms with Gasteiger partial charge in [-0.15, -0.1) is 11.8 Å². The average Bonchev–Trinajstić information content (AvgIpc) is 2.71. The Balaban J connectivity index is 2.06. The Kier molecular flexibility index (Phi) is 7.13. The van der Waals surface area contributed by atoms with Crippen LogP contribution in [0.4, 0.5) is 13.2 Å². The number of amides is 1. The van der Waals surface area contributed by atoms with E-state index in [-0.39, 0.29) is 16.2 Å². The van der Waals surface area contributed by atoms with Gasteiger partial charge in [-0.25, -0.2) is 0 Å². The van der Waals surface area contributed by atoms with Crippen molar-refractivity contribution in [2.75, 3.05) is 33.5 Å². The summed E-state index contributed by atoms with van der Waals surface area (Å²) >= 11 is 7.29. The van der Waals surface area contributed by atoms with Gasteiger partial charge in [-0.1, -0.05) is 23.7 Å². The molecule has 1 fully saturated rings. The number of hydrogen-bond acceptors (Lipinski definition) is 4. The number of thioether (sulfide) groups is 1. The van der Waals surface area contributed by atoms with Gasteiger partial charge in [0.05, 0.1) is 23.8 Å². The van der Waals surface area contributed by atoms with Gasteiger partial charge in [0.25, 0.3) is 5.91 Å². The molecule has 0 radical (unpaired) electrons. The number of nitrogens with zero attached hydrogens (tertiary/aromatic N) is 1. The van der Waals surface area contributed by atoms with E-state index < -0.39 is 23.2 Å². The minimum absolute atomic E-state index is 0.0950. The van der Waals surface area contributed by atoms with Crippen LogP contribution in [-0.2, 0) is 11.7 Å². The molecule has 0 saturated carbocycles. The highest BCUT2D eigenvalue weighted by atomic mass is 35.5. The number of ether oxygens (including phenoxy) is 1. The molecule has 2 aromatic carbocycles. The van der Waals surface area contributed by atoms with Crippen LogP contribution in [0.5, 0.6) is 5.75 Å². The van der Waals surface area contributed by atoms with Crippen molar-refractivity contribution in [3.05, 3.63) is 58.1 Å². The standard InChI is InChI=1S/C22H24ClF3N2O2S/c1-28-9-5-8-21(13-28,14-6-4-7-16(23)10-14)27-20(29)19-17(30-2)11-15(22(24,25)26)12-18(19)31-3/h4,6-7,10-12H,5,8-9,13H2,1-3H3,(H,27,29). The molecule has 1 amide bonds. The van der Waals surface area contributed by atoms with Crippen LogP contribution in [0.1, 0.15) is 34.3 Å². The Morgan fingerprint density at radius 1 is 1.29 bits per heavy atom. The van der Waals surface area contributed by atoms with E-state index in [1.807, 2.05) is 25.2 Å². The average molecular weight is 473 g/mol. The molecule has 0 aromatic heterocycles. The Morgan fingerprint density at radius 3 is 2.61 bits per heavy atom. The summed E-state index contributed by atoms with van der Waals surface area (Å²) in [6.45, 7) is 1.44. The summed E-state index contributed by atoms with van der Waals surface area (Å²) in [6.07, 6.45) is -1.38. The number of rotatable bonds is 5. The summed E-state index contributed by atoms with van der Waals surface area (Å²) in [5.74, 6) is -0.590. The zero-order valence-corrected chi connectivity index (χ0v) is 19.0. The van der Waals surface area contributed by atoms with Gasteiger partial charge in [-0.2, -0.15) is 13.2 Å². The molecule has 4 nitrogen and oxygen atoms in total. The third-order valence-corrected chi connectivity index (χ3v) is 6.47. The van der Waals surface area contributed by atoms with Crippen molar-refractivity contribution in [3.63, 3.8) is 0 Å². The van der Waals surface area contributed by atoms with E-state index in [9.17, 15) is 18.0 Å². The minimum Gasteiger partial charge on any atom is -0.496 e. The zero-order valence-electron chi connectivity index (χ0n) is 17.5. The number of likely N-dealkylation sites (tertiary alicyclic amines) is 1. The summed E-state index contributed by atoms with van der Waals surface area (Å²) < 4.78 is 45.1. The predicted octanol–water partition coefficient (Wildman–Crippen LogP) is 5.44. The summed E-state index contributed by atoms with van der Waals surface area (Å²) in [5.41, 5.74) is -0.625. The third-order valence-electron chi connectivity index (χ3n) is 5.47. The molecule has 1 aliphatic heterocycles. The third kappa shape index (κ3) is 5.13. The van der Waals surface area contributed by atoms with Gasteiger partial charge in [0.2, 0.25) is 0 Å². The molecule has 1 N–H and O–H groups in total. The Hall–Kier alpha value is -1.90. The number of nitrogens with one attached hydrogen (secondary N) is 1. The van der Waals surface area contributed by atoms with Crippen LogP contribution in [0, 0.1) is 0 Å². The maximum Gasteiger partial charge on any atom is 0.416 e. The van der Waals surface area contributed by atoms with Crippen molar-refractivity contribution in [2.45, 2.75) is 29.5 Å². The van der Waals surface area contributed by atoms with Gasteiger partial charge in [-0.05, 0) is 62.5 Å². The van der Waals surface area contributed by atoms with Gasteiger partial charge < -0.3 is 15.0 Å². The van der Waals surface area contributed by atoms with Crippen molar-refractivity contribution in [1.29, 1.82) is 0 Å². The molecule has 1 saturated heterocycles. The molecule has 0 bridgehead atoms. The Morgan fingerprint density at radius 2 is 2.03 bits per heavy atom. The molecule has 9 heteroatoms. The molecule has 0 aliphatic carbocycles. The zero-order chi connectivity index (χ0) is 22.8. The van der Waals surface area contributed by atoms with Crippen LogP contribution in [0.2, 0.25) is 5.02 Å². The number of methoxy groups -OCH3 is 1. The molecule has 2 aromatic rings. The second-order valence-corrected chi connectivity index (χ2v) is 8.93. The van der Waals surface area contributed by atoms with E-state index in [4.69, 9.17) is 16.3 Å². The van der Waals surface area contributed by atoms with Crippen molar-refractivity contribution in [1.82, 2.24) is 10.2 Å². The van der Waals surface area contributed by atoms with E-state index in [0.717, 1.165) is 42.4 Å². The van der Waals surface area contributed by atoms with Crippen LogP contribution >= 0.6 is 23.4 Å². The summed E-state index contributed by atoms with van der Waals surface area (Å²) in [7, 11) is 3.23. The Labute approximate surface area is 189 Å². The van der Waals surface area contributed by atoms with Crippen LogP contribution in [0.3, 0.4) is 0 Å². The first-order chi connectivity index (χ1) is 14.6. The van der Waals surface area contributed by atoms with Crippen molar-refractivity contribution in [2.24, 2.45) is 0 Å². The summed E-state index contributed by atoms with van der Waals surface area (Å²) in [4.78, 5) is 15.8.